The molecule has 0 saturated heterocycles. The zero-order valence-electron chi connectivity index (χ0n) is 21.2. The number of ether oxygens (including phenoxy) is 2. The molecule has 37 heavy (non-hydrogen) atoms. The van der Waals surface area contributed by atoms with E-state index in [2.05, 4.69) is 17.2 Å². The minimum Gasteiger partial charge on any atom is -0.462 e. The molecule has 1 N–H and O–H groups in total. The number of esters is 1. The lowest BCUT2D eigenvalue weighted by Crippen LogP contribution is -2.20. The molecule has 3 aromatic rings. The molecule has 0 radical (unpaired) electrons. The maximum atomic E-state index is 12.7. The summed E-state index contributed by atoms with van der Waals surface area (Å²) in [5, 5.41) is 3.44. The standard InChI is InChI=1S/C26H31N3O5S3/c1-4-34-25(32)23-17-10-9-16(2)13-20(17)36-24(23)27-21(30)14-35-15-22(31)28-26-29(11-12-33-3)18-7-5-6-8-19(18)37-26/h5-8,16H,4,9-15H2,1-3H3,(H,27,30). The molecular weight excluding hydrogens is 531 g/mol. The number of benzene rings is 1. The maximum absolute atomic E-state index is 12.7. The summed E-state index contributed by atoms with van der Waals surface area (Å²) in [7, 11) is 1.64. The van der Waals surface area contributed by atoms with Crippen molar-refractivity contribution in [3.8, 4) is 0 Å². The highest BCUT2D eigenvalue weighted by atomic mass is 32.2. The molecule has 198 valence electrons. The molecule has 4 rings (SSSR count). The lowest BCUT2D eigenvalue weighted by molar-refractivity contribution is -0.115. The minimum atomic E-state index is -0.392. The van der Waals surface area contributed by atoms with Gasteiger partial charge in [0.1, 0.15) is 5.00 Å². The predicted molar refractivity (Wildman–Crippen MR) is 150 cm³/mol. The van der Waals surface area contributed by atoms with Gasteiger partial charge in [-0.25, -0.2) is 4.79 Å². The first-order valence-electron chi connectivity index (χ1n) is 12.2. The van der Waals surface area contributed by atoms with E-state index in [9.17, 15) is 14.4 Å². The van der Waals surface area contributed by atoms with Crippen molar-refractivity contribution in [2.45, 2.75) is 39.7 Å². The van der Waals surface area contributed by atoms with Crippen molar-refractivity contribution in [2.75, 3.05) is 37.1 Å². The van der Waals surface area contributed by atoms with Gasteiger partial charge in [-0.05, 0) is 49.8 Å². The van der Waals surface area contributed by atoms with Crippen LogP contribution in [0.3, 0.4) is 0 Å². The molecule has 11 heteroatoms. The van der Waals surface area contributed by atoms with Gasteiger partial charge in [-0.2, -0.15) is 4.99 Å². The summed E-state index contributed by atoms with van der Waals surface area (Å²) in [6, 6.07) is 7.91. The summed E-state index contributed by atoms with van der Waals surface area (Å²) in [5.41, 5.74) is 2.50. The van der Waals surface area contributed by atoms with Crippen LogP contribution in [0.4, 0.5) is 5.00 Å². The number of thioether (sulfide) groups is 1. The summed E-state index contributed by atoms with van der Waals surface area (Å²) in [5.74, 6) is -0.246. The molecule has 2 heterocycles. The molecular formula is C26H31N3O5S3. The number of hydrogen-bond acceptors (Lipinski definition) is 8. The third kappa shape index (κ3) is 6.70. The number of carbonyl (C=O) groups excluding carboxylic acids is 3. The Bertz CT molecular complexity index is 1360. The smallest absolute Gasteiger partial charge is 0.341 e. The van der Waals surface area contributed by atoms with Gasteiger partial charge in [-0.15, -0.1) is 23.1 Å². The van der Waals surface area contributed by atoms with Gasteiger partial charge < -0.3 is 19.4 Å². The van der Waals surface area contributed by atoms with E-state index in [0.29, 0.717) is 34.4 Å². The molecule has 0 fully saturated rings. The number of nitrogens with zero attached hydrogens (tertiary/aromatic N) is 2. The molecule has 1 atom stereocenters. The second-order valence-electron chi connectivity index (χ2n) is 8.82. The van der Waals surface area contributed by atoms with Gasteiger partial charge in [0.2, 0.25) is 5.91 Å². The molecule has 8 nitrogen and oxygen atoms in total. The SMILES string of the molecule is CCOC(=O)c1c(NC(=O)CSCC(=O)N=c2sc3ccccc3n2CCOC)sc2c1CCC(C)C2. The molecule has 0 spiro atoms. The quantitative estimate of drug-likeness (QED) is 0.366. The second kappa shape index (κ2) is 12.9. The van der Waals surface area contributed by atoms with Crippen LogP contribution in [0, 0.1) is 5.92 Å². The van der Waals surface area contributed by atoms with Crippen LogP contribution in [0.1, 0.15) is 41.1 Å². The zero-order valence-corrected chi connectivity index (χ0v) is 23.7. The van der Waals surface area contributed by atoms with Crippen molar-refractivity contribution in [3.63, 3.8) is 0 Å². The Morgan fingerprint density at radius 1 is 1.22 bits per heavy atom. The van der Waals surface area contributed by atoms with E-state index in [1.165, 1.54) is 34.4 Å². The van der Waals surface area contributed by atoms with Crippen molar-refractivity contribution in [3.05, 3.63) is 45.1 Å². The number of hydrogen-bond donors (Lipinski definition) is 1. The van der Waals surface area contributed by atoms with Crippen LogP contribution in [-0.4, -0.2) is 54.2 Å². The number of rotatable bonds is 10. The van der Waals surface area contributed by atoms with Crippen LogP contribution in [0.15, 0.2) is 29.3 Å². The first-order chi connectivity index (χ1) is 17.9. The Morgan fingerprint density at radius 3 is 2.81 bits per heavy atom. The van der Waals surface area contributed by atoms with Crippen LogP contribution >= 0.6 is 34.4 Å². The van der Waals surface area contributed by atoms with Crippen LogP contribution in [0.5, 0.6) is 0 Å². The molecule has 2 amide bonds. The molecule has 0 bridgehead atoms. The molecule has 0 aliphatic heterocycles. The topological polar surface area (TPSA) is 99.0 Å². The number of anilines is 1. The van der Waals surface area contributed by atoms with Gasteiger partial charge in [0.05, 0.1) is 40.5 Å². The highest BCUT2D eigenvalue weighted by molar-refractivity contribution is 8.00. The lowest BCUT2D eigenvalue weighted by Gasteiger charge is -2.18. The number of carbonyl (C=O) groups is 3. The van der Waals surface area contributed by atoms with Gasteiger partial charge in [0.15, 0.2) is 4.80 Å². The molecule has 1 aliphatic carbocycles. The number of thiophene rings is 1. The number of aromatic nitrogens is 1. The summed E-state index contributed by atoms with van der Waals surface area (Å²) in [6.45, 7) is 5.35. The van der Waals surface area contributed by atoms with Crippen molar-refractivity contribution < 1.29 is 23.9 Å². The minimum absolute atomic E-state index is 0.0785. The van der Waals surface area contributed by atoms with Crippen molar-refractivity contribution >= 4 is 67.4 Å². The van der Waals surface area contributed by atoms with E-state index in [-0.39, 0.29) is 29.9 Å². The second-order valence-corrected chi connectivity index (χ2v) is 11.9. The van der Waals surface area contributed by atoms with E-state index in [1.807, 2.05) is 28.8 Å². The monoisotopic (exact) mass is 561 g/mol. The fourth-order valence-electron chi connectivity index (χ4n) is 4.30. The van der Waals surface area contributed by atoms with Crippen molar-refractivity contribution in [1.29, 1.82) is 0 Å². The van der Waals surface area contributed by atoms with Gasteiger partial charge in [0, 0.05) is 18.5 Å². The summed E-state index contributed by atoms with van der Waals surface area (Å²) >= 11 is 4.12. The highest BCUT2D eigenvalue weighted by Gasteiger charge is 2.29. The van der Waals surface area contributed by atoms with Crippen LogP contribution < -0.4 is 10.1 Å². The van der Waals surface area contributed by atoms with Gasteiger partial charge >= 0.3 is 5.97 Å². The van der Waals surface area contributed by atoms with E-state index < -0.39 is 5.97 Å². The largest absolute Gasteiger partial charge is 0.462 e. The normalized spacial score (nSPS) is 15.5. The van der Waals surface area contributed by atoms with E-state index >= 15 is 0 Å². The first-order valence-corrected chi connectivity index (χ1v) is 15.0. The van der Waals surface area contributed by atoms with Crippen molar-refractivity contribution in [1.82, 2.24) is 4.57 Å². The molecule has 1 aliphatic rings. The maximum Gasteiger partial charge on any atom is 0.341 e. The summed E-state index contributed by atoms with van der Waals surface area (Å²) < 4.78 is 13.5. The highest BCUT2D eigenvalue weighted by Crippen LogP contribution is 2.40. The van der Waals surface area contributed by atoms with Crippen LogP contribution in [0.2, 0.25) is 0 Å². The molecule has 1 unspecified atom stereocenters. The molecule has 1 aromatic carbocycles. The van der Waals surface area contributed by atoms with Crippen LogP contribution in [0.25, 0.3) is 10.2 Å². The van der Waals surface area contributed by atoms with E-state index in [0.717, 1.165) is 39.9 Å². The van der Waals surface area contributed by atoms with Gasteiger partial charge in [-0.3, -0.25) is 9.59 Å². The number of fused-ring (bicyclic) bond motifs is 2. The Morgan fingerprint density at radius 2 is 2.03 bits per heavy atom. The molecule has 2 aromatic heterocycles. The average Bonchev–Trinajstić information content (AvgIpc) is 3.39. The Hall–Kier alpha value is -2.47. The number of amides is 2. The number of para-hydroxylation sites is 1. The Kier molecular flexibility index (Phi) is 9.58. The Balaban J connectivity index is 1.40. The van der Waals surface area contributed by atoms with Crippen molar-refractivity contribution in [2.24, 2.45) is 10.9 Å². The fraction of sp³-hybridized carbons (Fsp3) is 0.462. The average molecular weight is 562 g/mol. The summed E-state index contributed by atoms with van der Waals surface area (Å²) in [6.07, 6.45) is 2.72. The number of methoxy groups -OCH3 is 1. The predicted octanol–water partition coefficient (Wildman–Crippen LogP) is 4.51. The Labute approximate surface area is 228 Å². The molecule has 0 saturated carbocycles. The first kappa shape index (κ1) is 27.6. The lowest BCUT2D eigenvalue weighted by atomic mass is 9.88. The number of thiazole rings is 1. The number of nitrogens with one attached hydrogen (secondary N) is 1. The summed E-state index contributed by atoms with van der Waals surface area (Å²) in [4.78, 5) is 44.1. The fourth-order valence-corrected chi connectivity index (χ4v) is 7.38. The van der Waals surface area contributed by atoms with Crippen LogP contribution in [-0.2, 0) is 38.4 Å². The van der Waals surface area contributed by atoms with Gasteiger partial charge in [-0.1, -0.05) is 30.4 Å². The van der Waals surface area contributed by atoms with Gasteiger partial charge in [0.25, 0.3) is 5.91 Å². The van der Waals surface area contributed by atoms with E-state index in [4.69, 9.17) is 9.47 Å². The third-order valence-corrected chi connectivity index (χ3v) is 9.18. The zero-order chi connectivity index (χ0) is 26.4. The van der Waals surface area contributed by atoms with E-state index in [1.54, 1.807) is 14.0 Å². The third-order valence-electron chi connectivity index (χ3n) is 6.03.